The first-order valence-corrected chi connectivity index (χ1v) is 3.65. The highest BCUT2D eigenvalue weighted by Gasteiger charge is 2.34. The summed E-state index contributed by atoms with van der Waals surface area (Å²) in [5.74, 6) is -1.29. The summed E-state index contributed by atoms with van der Waals surface area (Å²) in [4.78, 5) is 10.5. The molecule has 11 heavy (non-hydrogen) atoms. The van der Waals surface area contributed by atoms with Crippen molar-refractivity contribution < 1.29 is 19.7 Å². The second-order valence-corrected chi connectivity index (χ2v) is 2.84. The monoisotopic (exact) mass is 160 g/mol. The average molecular weight is 160 g/mol. The molecule has 0 aromatic carbocycles. The number of ether oxygens (including phenoxy) is 1. The lowest BCUT2D eigenvalue weighted by molar-refractivity contribution is -0.165. The number of rotatable bonds is 1. The summed E-state index contributed by atoms with van der Waals surface area (Å²) in [6.07, 6.45) is -0.839. The second-order valence-electron chi connectivity index (χ2n) is 2.84. The van der Waals surface area contributed by atoms with Crippen LogP contribution in [0, 0.1) is 5.92 Å². The summed E-state index contributed by atoms with van der Waals surface area (Å²) in [6, 6.07) is 0. The van der Waals surface area contributed by atoms with Crippen molar-refractivity contribution in [2.45, 2.75) is 25.6 Å². The Bertz CT molecular complexity index is 157. The number of aliphatic carboxylic acids is 1. The highest BCUT2D eigenvalue weighted by Crippen LogP contribution is 2.20. The van der Waals surface area contributed by atoms with Gasteiger partial charge in [0.05, 0.1) is 12.7 Å². The summed E-state index contributed by atoms with van der Waals surface area (Å²) in [5.41, 5.74) is 0. The predicted molar refractivity (Wildman–Crippen MR) is 37.2 cm³/mol. The Kier molecular flexibility index (Phi) is 2.46. The minimum absolute atomic E-state index is 0.304. The molecule has 4 heteroatoms. The van der Waals surface area contributed by atoms with Gasteiger partial charge in [0.1, 0.15) is 0 Å². The van der Waals surface area contributed by atoms with Gasteiger partial charge in [-0.2, -0.15) is 0 Å². The molecule has 2 N–H and O–H groups in total. The van der Waals surface area contributed by atoms with E-state index in [1.807, 2.05) is 0 Å². The normalized spacial score (nSPS) is 38.5. The van der Waals surface area contributed by atoms with Crippen LogP contribution in [0.2, 0.25) is 0 Å². The third-order valence-corrected chi connectivity index (χ3v) is 2.04. The van der Waals surface area contributed by atoms with Crippen molar-refractivity contribution in [1.82, 2.24) is 0 Å². The van der Waals surface area contributed by atoms with Crippen molar-refractivity contribution in [3.63, 3.8) is 0 Å². The zero-order chi connectivity index (χ0) is 8.43. The Morgan fingerprint density at radius 1 is 1.64 bits per heavy atom. The van der Waals surface area contributed by atoms with Gasteiger partial charge in [0.15, 0.2) is 6.10 Å². The molecule has 0 bridgehead atoms. The van der Waals surface area contributed by atoms with E-state index in [0.29, 0.717) is 13.0 Å². The van der Waals surface area contributed by atoms with Crippen LogP contribution in [0.5, 0.6) is 0 Å². The van der Waals surface area contributed by atoms with E-state index >= 15 is 0 Å². The number of carboxylic acid groups (broad SMARTS) is 1. The summed E-state index contributed by atoms with van der Waals surface area (Å²) >= 11 is 0. The van der Waals surface area contributed by atoms with E-state index in [1.165, 1.54) is 0 Å². The minimum atomic E-state index is -0.990. The summed E-state index contributed by atoms with van der Waals surface area (Å²) in [7, 11) is 0. The van der Waals surface area contributed by atoms with E-state index in [9.17, 15) is 9.90 Å². The van der Waals surface area contributed by atoms with E-state index in [2.05, 4.69) is 0 Å². The third-order valence-electron chi connectivity index (χ3n) is 2.04. The maximum atomic E-state index is 10.5. The molecule has 1 rings (SSSR count). The molecule has 0 radical (unpaired) electrons. The number of carbonyl (C=O) groups is 1. The topological polar surface area (TPSA) is 66.8 Å². The molecule has 0 saturated carbocycles. The van der Waals surface area contributed by atoms with Gasteiger partial charge in [-0.15, -0.1) is 0 Å². The van der Waals surface area contributed by atoms with Crippen LogP contribution < -0.4 is 0 Å². The maximum Gasteiger partial charge on any atom is 0.333 e. The van der Waals surface area contributed by atoms with Crippen LogP contribution >= 0.6 is 0 Å². The summed E-state index contributed by atoms with van der Waals surface area (Å²) < 4.78 is 4.96. The largest absolute Gasteiger partial charge is 0.479 e. The van der Waals surface area contributed by atoms with Gasteiger partial charge in [-0.1, -0.05) is 6.92 Å². The lowest BCUT2D eigenvalue weighted by atomic mass is 9.93. The lowest BCUT2D eigenvalue weighted by Gasteiger charge is -2.30. The lowest BCUT2D eigenvalue weighted by Crippen LogP contribution is -2.42. The molecule has 1 heterocycles. The van der Waals surface area contributed by atoms with Gasteiger partial charge in [0.2, 0.25) is 0 Å². The van der Waals surface area contributed by atoms with E-state index in [0.717, 1.165) is 0 Å². The van der Waals surface area contributed by atoms with Crippen LogP contribution in [-0.2, 0) is 9.53 Å². The van der Waals surface area contributed by atoms with Crippen molar-refractivity contribution >= 4 is 5.97 Å². The second kappa shape index (κ2) is 3.19. The summed E-state index contributed by atoms with van der Waals surface area (Å²) in [5, 5.41) is 17.8. The smallest absolute Gasteiger partial charge is 0.333 e. The zero-order valence-electron chi connectivity index (χ0n) is 6.36. The van der Waals surface area contributed by atoms with Crippen LogP contribution in [0.4, 0.5) is 0 Å². The van der Waals surface area contributed by atoms with E-state index < -0.39 is 18.2 Å². The fraction of sp³-hybridized carbons (Fsp3) is 0.857. The zero-order valence-corrected chi connectivity index (χ0v) is 6.36. The van der Waals surface area contributed by atoms with Crippen molar-refractivity contribution in [1.29, 1.82) is 0 Å². The number of hydrogen-bond acceptors (Lipinski definition) is 3. The van der Waals surface area contributed by atoms with Crippen molar-refractivity contribution in [3.05, 3.63) is 0 Å². The van der Waals surface area contributed by atoms with Crippen molar-refractivity contribution in [2.24, 2.45) is 5.92 Å². The van der Waals surface area contributed by atoms with Gasteiger partial charge in [-0.3, -0.25) is 0 Å². The molecule has 1 saturated heterocycles. The van der Waals surface area contributed by atoms with E-state index in [1.54, 1.807) is 6.92 Å². The standard InChI is InChI=1S/C7H12O4/c1-4-5(8)2-3-11-6(4)7(9)10/h4-6,8H,2-3H2,1H3,(H,9,10)/t4-,5?,6?/m0/s1. The quantitative estimate of drug-likeness (QED) is 0.560. The number of aliphatic hydroxyl groups is 1. The fourth-order valence-corrected chi connectivity index (χ4v) is 1.23. The fourth-order valence-electron chi connectivity index (χ4n) is 1.23. The minimum Gasteiger partial charge on any atom is -0.479 e. The maximum absolute atomic E-state index is 10.5. The first-order chi connectivity index (χ1) is 5.13. The van der Waals surface area contributed by atoms with Crippen LogP contribution in [-0.4, -0.2) is 35.0 Å². The Morgan fingerprint density at radius 3 is 2.73 bits per heavy atom. The SMILES string of the molecule is C[C@H]1C(O)CCOC1C(=O)O. The molecule has 0 spiro atoms. The van der Waals surface area contributed by atoms with Crippen molar-refractivity contribution in [3.8, 4) is 0 Å². The molecule has 0 aromatic rings. The molecule has 0 amide bonds. The molecule has 0 aliphatic carbocycles. The molecule has 4 nitrogen and oxygen atoms in total. The van der Waals surface area contributed by atoms with Gasteiger partial charge in [0.25, 0.3) is 0 Å². The Morgan fingerprint density at radius 2 is 2.27 bits per heavy atom. The number of hydrogen-bond donors (Lipinski definition) is 2. The van der Waals surface area contributed by atoms with Crippen LogP contribution in [0.25, 0.3) is 0 Å². The van der Waals surface area contributed by atoms with Gasteiger partial charge in [0, 0.05) is 5.92 Å². The van der Waals surface area contributed by atoms with Crippen LogP contribution in [0.1, 0.15) is 13.3 Å². The Balaban J connectivity index is 2.58. The summed E-state index contributed by atoms with van der Waals surface area (Å²) in [6.45, 7) is 2.02. The first-order valence-electron chi connectivity index (χ1n) is 3.65. The van der Waals surface area contributed by atoms with Gasteiger partial charge in [-0.05, 0) is 6.42 Å². The highest BCUT2D eigenvalue weighted by atomic mass is 16.5. The number of carboxylic acids is 1. The van der Waals surface area contributed by atoms with Crippen LogP contribution in [0.15, 0.2) is 0 Å². The van der Waals surface area contributed by atoms with Crippen LogP contribution in [0.3, 0.4) is 0 Å². The molecule has 0 aromatic heterocycles. The molecule has 64 valence electrons. The molecular formula is C7H12O4. The molecule has 3 atom stereocenters. The van der Waals surface area contributed by atoms with Gasteiger partial charge in [-0.25, -0.2) is 4.79 Å². The van der Waals surface area contributed by atoms with E-state index in [-0.39, 0.29) is 5.92 Å². The van der Waals surface area contributed by atoms with E-state index in [4.69, 9.17) is 9.84 Å². The number of aliphatic hydroxyl groups excluding tert-OH is 1. The average Bonchev–Trinajstić information content (AvgIpc) is 1.94. The first kappa shape index (κ1) is 8.49. The molecule has 1 aliphatic heterocycles. The predicted octanol–water partition coefficient (Wildman–Crippen LogP) is -0.143. The third kappa shape index (κ3) is 1.70. The van der Waals surface area contributed by atoms with Crippen molar-refractivity contribution in [2.75, 3.05) is 6.61 Å². The molecule has 1 fully saturated rings. The van der Waals surface area contributed by atoms with Gasteiger partial charge >= 0.3 is 5.97 Å². The highest BCUT2D eigenvalue weighted by molar-refractivity contribution is 5.72. The van der Waals surface area contributed by atoms with Gasteiger partial charge < -0.3 is 14.9 Å². The Labute approximate surface area is 64.8 Å². The molecule has 2 unspecified atom stereocenters. The molecular weight excluding hydrogens is 148 g/mol. The Hall–Kier alpha value is -0.610. The molecule has 1 aliphatic rings.